The van der Waals surface area contributed by atoms with Gasteiger partial charge < -0.3 is 4.90 Å². The van der Waals surface area contributed by atoms with Crippen molar-refractivity contribution < 1.29 is 4.39 Å². The van der Waals surface area contributed by atoms with E-state index in [0.29, 0.717) is 5.56 Å². The average Bonchev–Trinajstić information content (AvgIpc) is 2.58. The summed E-state index contributed by atoms with van der Waals surface area (Å²) in [4.78, 5) is 6.73. The first-order valence-electron chi connectivity index (χ1n) is 8.93. The highest BCUT2D eigenvalue weighted by molar-refractivity contribution is 9.10. The van der Waals surface area contributed by atoms with E-state index in [1.54, 1.807) is 12.3 Å². The van der Waals surface area contributed by atoms with E-state index in [-0.39, 0.29) is 11.4 Å². The number of allylic oxidation sites excluding steroid dienone is 1. The molecule has 0 aliphatic carbocycles. The Kier molecular flexibility index (Phi) is 5.33. The zero-order valence-electron chi connectivity index (χ0n) is 15.7. The number of nitrogens with zero attached hydrogens (tertiary/aromatic N) is 2. The summed E-state index contributed by atoms with van der Waals surface area (Å²) in [6, 6.07) is 11.2. The van der Waals surface area contributed by atoms with Crippen molar-refractivity contribution in [1.29, 1.82) is 0 Å². The summed E-state index contributed by atoms with van der Waals surface area (Å²) in [6.07, 6.45) is 4.88. The van der Waals surface area contributed by atoms with Crippen LogP contribution in [-0.2, 0) is 0 Å². The lowest BCUT2D eigenvalue weighted by molar-refractivity contribution is 0.546. The Morgan fingerprint density at radius 1 is 1.23 bits per heavy atom. The zero-order chi connectivity index (χ0) is 18.9. The smallest absolute Gasteiger partial charge is 0.134 e. The van der Waals surface area contributed by atoms with Gasteiger partial charge in [0.05, 0.1) is 11.2 Å². The molecule has 1 aliphatic heterocycles. The zero-order valence-corrected chi connectivity index (χ0v) is 17.3. The van der Waals surface area contributed by atoms with Crippen LogP contribution >= 0.6 is 15.9 Å². The summed E-state index contributed by atoms with van der Waals surface area (Å²) in [5, 5.41) is 0. The number of benzene rings is 2. The van der Waals surface area contributed by atoms with Crippen LogP contribution in [0.5, 0.6) is 0 Å². The second-order valence-corrected chi connectivity index (χ2v) is 8.09. The number of hydrogen-bond donors (Lipinski definition) is 0. The molecule has 3 rings (SSSR count). The molecule has 2 nitrogen and oxygen atoms in total. The predicted octanol–water partition coefficient (Wildman–Crippen LogP) is 6.75. The normalized spacial score (nSPS) is 15.9. The van der Waals surface area contributed by atoms with Gasteiger partial charge in [-0.1, -0.05) is 25.1 Å². The molecule has 0 unspecified atom stereocenters. The predicted molar refractivity (Wildman–Crippen MR) is 113 cm³/mol. The van der Waals surface area contributed by atoms with Crippen LogP contribution in [0.2, 0.25) is 0 Å². The molecule has 0 spiro atoms. The quantitative estimate of drug-likeness (QED) is 0.505. The van der Waals surface area contributed by atoms with E-state index in [1.165, 1.54) is 5.57 Å². The molecule has 0 saturated carbocycles. The van der Waals surface area contributed by atoms with Gasteiger partial charge in [0.25, 0.3) is 0 Å². The Bertz CT molecular complexity index is 884. The lowest BCUT2D eigenvalue weighted by Gasteiger charge is -2.43. The van der Waals surface area contributed by atoms with Gasteiger partial charge >= 0.3 is 0 Å². The second kappa shape index (κ2) is 7.36. The maximum atomic E-state index is 14.8. The molecule has 0 saturated heterocycles. The fourth-order valence-electron chi connectivity index (χ4n) is 3.54. The first-order chi connectivity index (χ1) is 12.3. The van der Waals surface area contributed by atoms with Crippen molar-refractivity contribution >= 4 is 39.1 Å². The summed E-state index contributed by atoms with van der Waals surface area (Å²) < 4.78 is 15.7. The van der Waals surface area contributed by atoms with Crippen molar-refractivity contribution in [2.45, 2.75) is 39.7 Å². The van der Waals surface area contributed by atoms with Crippen molar-refractivity contribution in [2.75, 3.05) is 11.4 Å². The maximum absolute atomic E-state index is 14.8. The first kappa shape index (κ1) is 18.8. The summed E-state index contributed by atoms with van der Waals surface area (Å²) in [7, 11) is 0. The number of anilines is 1. The van der Waals surface area contributed by atoms with Gasteiger partial charge in [-0.05, 0) is 73.0 Å². The van der Waals surface area contributed by atoms with E-state index in [4.69, 9.17) is 0 Å². The molecule has 0 atom stereocenters. The van der Waals surface area contributed by atoms with Crippen molar-refractivity contribution in [1.82, 2.24) is 0 Å². The minimum atomic E-state index is -0.244. The van der Waals surface area contributed by atoms with Gasteiger partial charge in [0.1, 0.15) is 5.82 Å². The number of halogens is 2. The van der Waals surface area contributed by atoms with Crippen molar-refractivity contribution in [3.8, 4) is 0 Å². The Labute approximate surface area is 163 Å². The van der Waals surface area contributed by atoms with Crippen LogP contribution in [0, 0.1) is 5.82 Å². The molecule has 4 heteroatoms. The second-order valence-electron chi connectivity index (χ2n) is 7.23. The van der Waals surface area contributed by atoms with Gasteiger partial charge in [0.15, 0.2) is 0 Å². The molecule has 2 aromatic carbocycles. The van der Waals surface area contributed by atoms with Gasteiger partial charge in [0.2, 0.25) is 0 Å². The number of aliphatic imine (C=N–C) groups is 1. The molecule has 136 valence electrons. The van der Waals surface area contributed by atoms with E-state index in [1.807, 2.05) is 30.3 Å². The highest BCUT2D eigenvalue weighted by atomic mass is 79.9. The third-order valence-corrected chi connectivity index (χ3v) is 5.41. The third kappa shape index (κ3) is 3.61. The van der Waals surface area contributed by atoms with Crippen molar-refractivity contribution in [3.63, 3.8) is 0 Å². The van der Waals surface area contributed by atoms with E-state index in [0.717, 1.165) is 34.4 Å². The van der Waals surface area contributed by atoms with Crippen molar-refractivity contribution in [2.24, 2.45) is 4.99 Å². The first-order valence-corrected chi connectivity index (χ1v) is 9.72. The monoisotopic (exact) mass is 414 g/mol. The van der Waals surface area contributed by atoms with Crippen LogP contribution < -0.4 is 4.90 Å². The molecule has 0 aromatic heterocycles. The number of fused-ring (bicyclic) bond motifs is 1. The molecule has 0 N–H and O–H groups in total. The number of para-hydroxylation sites is 1. The molecule has 0 amide bonds. The topological polar surface area (TPSA) is 15.6 Å². The molecule has 1 heterocycles. The van der Waals surface area contributed by atoms with E-state index >= 15 is 0 Å². The summed E-state index contributed by atoms with van der Waals surface area (Å²) in [6.45, 7) is 9.49. The van der Waals surface area contributed by atoms with E-state index < -0.39 is 0 Å². The maximum Gasteiger partial charge on any atom is 0.134 e. The highest BCUT2D eigenvalue weighted by Crippen LogP contribution is 2.40. The fourth-order valence-corrected chi connectivity index (χ4v) is 3.93. The van der Waals surface area contributed by atoms with Gasteiger partial charge in [-0.2, -0.15) is 0 Å². The molecule has 26 heavy (non-hydrogen) atoms. The summed E-state index contributed by atoms with van der Waals surface area (Å²) >= 11 is 3.47. The minimum Gasteiger partial charge on any atom is -0.362 e. The van der Waals surface area contributed by atoms with E-state index in [9.17, 15) is 4.39 Å². The Hall–Kier alpha value is -1.94. The molecular weight excluding hydrogens is 391 g/mol. The van der Waals surface area contributed by atoms with Gasteiger partial charge in [0, 0.05) is 34.0 Å². The van der Waals surface area contributed by atoms with E-state index in [2.05, 4.69) is 59.6 Å². The summed E-state index contributed by atoms with van der Waals surface area (Å²) in [5.74, 6) is -0.244. The highest BCUT2D eigenvalue weighted by Gasteiger charge is 2.31. The molecular formula is C22H24BrFN2. The fraction of sp³-hybridized carbons (Fsp3) is 0.318. The molecule has 2 aromatic rings. The molecule has 0 radical (unpaired) electrons. The van der Waals surface area contributed by atoms with Crippen LogP contribution in [0.3, 0.4) is 0 Å². The Morgan fingerprint density at radius 2 is 1.96 bits per heavy atom. The third-order valence-electron chi connectivity index (χ3n) is 4.74. The Morgan fingerprint density at radius 3 is 2.65 bits per heavy atom. The lowest BCUT2D eigenvalue weighted by atomic mass is 9.87. The average molecular weight is 415 g/mol. The van der Waals surface area contributed by atoms with Gasteiger partial charge in [-0.15, -0.1) is 0 Å². The largest absolute Gasteiger partial charge is 0.362 e. The molecule has 0 fully saturated rings. The van der Waals surface area contributed by atoms with Crippen LogP contribution in [0.25, 0.3) is 5.57 Å². The van der Waals surface area contributed by atoms with Crippen LogP contribution in [0.1, 0.15) is 45.2 Å². The molecule has 0 bridgehead atoms. The van der Waals surface area contributed by atoms with Crippen LogP contribution in [0.15, 0.2) is 51.9 Å². The standard InChI is InChI=1S/C22H24BrFN2/c1-5-10-26-21-12-19(24)16(11-17(21)15(2)13-22(26,3)4)14-25-20-9-7-6-8-18(20)23/h6-9,11-14H,5,10H2,1-4H3. The SMILES string of the molecule is CCCN1c2cc(F)c(C=Nc3ccccc3Br)cc2C(C)=CC1(C)C. The summed E-state index contributed by atoms with van der Waals surface area (Å²) in [5.41, 5.74) is 4.38. The van der Waals surface area contributed by atoms with Crippen LogP contribution in [-0.4, -0.2) is 18.3 Å². The van der Waals surface area contributed by atoms with Crippen LogP contribution in [0.4, 0.5) is 15.8 Å². The lowest BCUT2D eigenvalue weighted by Crippen LogP contribution is -2.45. The minimum absolute atomic E-state index is 0.121. The number of rotatable bonds is 4. The number of hydrogen-bond acceptors (Lipinski definition) is 2. The van der Waals surface area contributed by atoms with Gasteiger partial charge in [-0.3, -0.25) is 4.99 Å². The molecule has 1 aliphatic rings. The van der Waals surface area contributed by atoms with Crippen molar-refractivity contribution in [3.05, 3.63) is 63.9 Å². The Balaban J connectivity index is 2.04. The van der Waals surface area contributed by atoms with Gasteiger partial charge in [-0.25, -0.2) is 4.39 Å².